The van der Waals surface area contributed by atoms with Gasteiger partial charge in [-0.2, -0.15) is 4.31 Å². The number of sulfonamides is 1. The molecule has 2 aromatic heterocycles. The summed E-state index contributed by atoms with van der Waals surface area (Å²) in [5.41, 5.74) is 1.66. The third-order valence-electron chi connectivity index (χ3n) is 5.04. The molecule has 0 aliphatic carbocycles. The lowest BCUT2D eigenvalue weighted by atomic mass is 10.2. The number of halogens is 1. The van der Waals surface area contributed by atoms with Crippen molar-refractivity contribution in [3.05, 3.63) is 71.9 Å². The lowest BCUT2D eigenvalue weighted by Crippen LogP contribution is -2.49. The molecule has 0 unspecified atom stereocenters. The predicted octanol–water partition coefficient (Wildman–Crippen LogP) is 2.71. The largest absolute Gasteiger partial charge is 0.354 e. The smallest absolute Gasteiger partial charge is 0.218 e. The van der Waals surface area contributed by atoms with Gasteiger partial charge in [0.25, 0.3) is 0 Å². The summed E-state index contributed by atoms with van der Waals surface area (Å²) in [4.78, 5) is 14.9. The number of pyridine rings is 1. The van der Waals surface area contributed by atoms with E-state index in [1.54, 1.807) is 6.20 Å². The van der Waals surface area contributed by atoms with E-state index >= 15 is 0 Å². The Kier molecular flexibility index (Phi) is 6.10. The summed E-state index contributed by atoms with van der Waals surface area (Å²) in [5.74, 6) is 1.52. The minimum Gasteiger partial charge on any atom is -0.354 e. The topological polar surface area (TPSA) is 91.3 Å². The molecule has 0 amide bonds. The van der Waals surface area contributed by atoms with Crippen LogP contribution in [0.5, 0.6) is 0 Å². The Morgan fingerprint density at radius 2 is 1.68 bits per heavy atom. The molecular formula is C21H23FN6O2S. The van der Waals surface area contributed by atoms with Gasteiger partial charge in [-0.15, -0.1) is 0 Å². The molecule has 0 saturated carbocycles. The summed E-state index contributed by atoms with van der Waals surface area (Å²) in [5, 5.41) is 3.17. The number of aryl methyl sites for hydroxylation is 1. The zero-order valence-corrected chi connectivity index (χ0v) is 17.9. The minimum atomic E-state index is -3.48. The highest BCUT2D eigenvalue weighted by Gasteiger charge is 2.27. The normalized spacial score (nSPS) is 15.1. The van der Waals surface area contributed by atoms with Crippen molar-refractivity contribution < 1.29 is 12.8 Å². The van der Waals surface area contributed by atoms with Crippen LogP contribution in [0.2, 0.25) is 0 Å². The lowest BCUT2D eigenvalue weighted by molar-refractivity contribution is 0.383. The maximum absolute atomic E-state index is 13.1. The predicted molar refractivity (Wildman–Crippen MR) is 117 cm³/mol. The second-order valence-electron chi connectivity index (χ2n) is 7.37. The van der Waals surface area contributed by atoms with E-state index in [1.165, 1.54) is 34.9 Å². The summed E-state index contributed by atoms with van der Waals surface area (Å²) in [6.07, 6.45) is 3.20. The fraction of sp³-hybridized carbons (Fsp3) is 0.286. The quantitative estimate of drug-likeness (QED) is 0.628. The van der Waals surface area contributed by atoms with Crippen LogP contribution in [0.3, 0.4) is 0 Å². The van der Waals surface area contributed by atoms with Gasteiger partial charge in [-0.1, -0.05) is 12.1 Å². The molecule has 10 heteroatoms. The van der Waals surface area contributed by atoms with Gasteiger partial charge in [-0.05, 0) is 42.3 Å². The Bertz CT molecular complexity index is 1150. The van der Waals surface area contributed by atoms with Crippen molar-refractivity contribution in [3.8, 4) is 0 Å². The minimum absolute atomic E-state index is 0.141. The second kappa shape index (κ2) is 8.94. The van der Waals surface area contributed by atoms with Crippen molar-refractivity contribution in [2.75, 3.05) is 36.4 Å². The van der Waals surface area contributed by atoms with Gasteiger partial charge in [0, 0.05) is 38.4 Å². The monoisotopic (exact) mass is 442 g/mol. The van der Waals surface area contributed by atoms with E-state index in [2.05, 4.69) is 20.3 Å². The molecule has 1 aliphatic heterocycles. The van der Waals surface area contributed by atoms with Crippen LogP contribution in [0, 0.1) is 12.7 Å². The van der Waals surface area contributed by atoms with Gasteiger partial charge >= 0.3 is 0 Å². The molecule has 4 rings (SSSR count). The first-order chi connectivity index (χ1) is 14.9. The number of aromatic nitrogens is 3. The van der Waals surface area contributed by atoms with Crippen LogP contribution < -0.4 is 10.2 Å². The molecular weight excluding hydrogens is 419 g/mol. The van der Waals surface area contributed by atoms with Crippen molar-refractivity contribution in [3.63, 3.8) is 0 Å². The molecule has 1 saturated heterocycles. The number of anilines is 3. The maximum atomic E-state index is 13.1. The summed E-state index contributed by atoms with van der Waals surface area (Å²) in [6, 6.07) is 11.2. The van der Waals surface area contributed by atoms with Crippen LogP contribution in [0.25, 0.3) is 0 Å². The van der Waals surface area contributed by atoms with Gasteiger partial charge in [0.1, 0.15) is 29.6 Å². The highest BCUT2D eigenvalue weighted by atomic mass is 32.2. The van der Waals surface area contributed by atoms with Gasteiger partial charge < -0.3 is 10.2 Å². The van der Waals surface area contributed by atoms with E-state index in [4.69, 9.17) is 0 Å². The number of hydrogen-bond acceptors (Lipinski definition) is 7. The van der Waals surface area contributed by atoms with E-state index in [-0.39, 0.29) is 11.6 Å². The third kappa shape index (κ3) is 5.33. The van der Waals surface area contributed by atoms with Crippen LogP contribution in [-0.2, 0) is 15.8 Å². The molecule has 0 atom stereocenters. The first kappa shape index (κ1) is 21.1. The molecule has 1 aromatic carbocycles. The molecule has 1 fully saturated rings. The van der Waals surface area contributed by atoms with Crippen molar-refractivity contribution in [2.45, 2.75) is 12.7 Å². The molecule has 162 valence electrons. The Morgan fingerprint density at radius 1 is 0.968 bits per heavy atom. The van der Waals surface area contributed by atoms with Crippen LogP contribution in [0.4, 0.5) is 21.8 Å². The Hall–Kier alpha value is -3.11. The fourth-order valence-corrected chi connectivity index (χ4v) is 4.92. The summed E-state index contributed by atoms with van der Waals surface area (Å²) in [7, 11) is -3.48. The zero-order chi connectivity index (χ0) is 21.8. The van der Waals surface area contributed by atoms with E-state index in [0.29, 0.717) is 43.4 Å². The third-order valence-corrected chi connectivity index (χ3v) is 6.89. The summed E-state index contributed by atoms with van der Waals surface area (Å²) < 4.78 is 40.0. The Labute approximate surface area is 180 Å². The average molecular weight is 443 g/mol. The maximum Gasteiger partial charge on any atom is 0.218 e. The van der Waals surface area contributed by atoms with Gasteiger partial charge in [0.15, 0.2) is 0 Å². The molecule has 0 bridgehead atoms. The van der Waals surface area contributed by atoms with E-state index in [0.717, 1.165) is 11.4 Å². The highest BCUT2D eigenvalue weighted by molar-refractivity contribution is 7.88. The number of piperazine rings is 1. The molecule has 3 heterocycles. The first-order valence-electron chi connectivity index (χ1n) is 9.88. The van der Waals surface area contributed by atoms with Gasteiger partial charge in [-0.25, -0.2) is 27.8 Å². The van der Waals surface area contributed by atoms with Crippen LogP contribution >= 0.6 is 0 Å². The standard InChI is InChI=1S/C21H23FN6O2S/c1-16-6-7-23-19(12-16)26-20-13-21(25-15-24-20)27-8-10-28(11-9-27)31(29,30)14-17-2-4-18(22)5-3-17/h2-7,12-13,15H,8-11,14H2,1H3,(H,23,24,25,26). The molecule has 1 aliphatic rings. The molecule has 31 heavy (non-hydrogen) atoms. The number of benzene rings is 1. The number of nitrogens with zero attached hydrogens (tertiary/aromatic N) is 5. The van der Waals surface area contributed by atoms with Gasteiger partial charge in [0.2, 0.25) is 10.0 Å². The lowest BCUT2D eigenvalue weighted by Gasteiger charge is -2.34. The Morgan fingerprint density at radius 3 is 2.39 bits per heavy atom. The number of rotatable bonds is 6. The van der Waals surface area contributed by atoms with Crippen LogP contribution in [0.1, 0.15) is 11.1 Å². The Balaban J connectivity index is 1.38. The highest BCUT2D eigenvalue weighted by Crippen LogP contribution is 2.21. The SMILES string of the molecule is Cc1ccnc(Nc2cc(N3CCN(S(=O)(=O)Cc4ccc(F)cc4)CC3)ncn2)c1. The van der Waals surface area contributed by atoms with Crippen molar-refractivity contribution in [1.82, 2.24) is 19.3 Å². The van der Waals surface area contributed by atoms with Crippen molar-refractivity contribution >= 4 is 27.5 Å². The summed E-state index contributed by atoms with van der Waals surface area (Å²) in [6.45, 7) is 3.73. The molecule has 8 nitrogen and oxygen atoms in total. The van der Waals surface area contributed by atoms with Crippen LogP contribution in [0.15, 0.2) is 55.0 Å². The van der Waals surface area contributed by atoms with Crippen molar-refractivity contribution in [2.24, 2.45) is 0 Å². The fourth-order valence-electron chi connectivity index (χ4n) is 3.40. The molecule has 0 spiro atoms. The second-order valence-corrected chi connectivity index (χ2v) is 9.34. The van der Waals surface area contributed by atoms with Crippen molar-refractivity contribution in [1.29, 1.82) is 0 Å². The van der Waals surface area contributed by atoms with Gasteiger partial charge in [0.05, 0.1) is 5.75 Å². The molecule has 0 radical (unpaired) electrons. The van der Waals surface area contributed by atoms with E-state index in [1.807, 2.05) is 30.0 Å². The molecule has 3 aromatic rings. The number of hydrogen-bond donors (Lipinski definition) is 1. The molecule has 1 N–H and O–H groups in total. The number of nitrogens with one attached hydrogen (secondary N) is 1. The average Bonchev–Trinajstić information content (AvgIpc) is 2.76. The zero-order valence-electron chi connectivity index (χ0n) is 17.1. The van der Waals surface area contributed by atoms with Gasteiger partial charge in [-0.3, -0.25) is 0 Å². The van der Waals surface area contributed by atoms with E-state index in [9.17, 15) is 12.8 Å². The first-order valence-corrected chi connectivity index (χ1v) is 11.5. The van der Waals surface area contributed by atoms with Crippen LogP contribution in [-0.4, -0.2) is 53.9 Å². The summed E-state index contributed by atoms with van der Waals surface area (Å²) >= 11 is 0. The van der Waals surface area contributed by atoms with E-state index < -0.39 is 10.0 Å².